The zero-order valence-corrected chi connectivity index (χ0v) is 21.1. The third kappa shape index (κ3) is 5.87. The molecule has 192 valence electrons. The predicted molar refractivity (Wildman–Crippen MR) is 134 cm³/mol. The van der Waals surface area contributed by atoms with Crippen molar-refractivity contribution in [3.05, 3.63) is 81.8 Å². The molecule has 0 atom stereocenters. The summed E-state index contributed by atoms with van der Waals surface area (Å²) in [4.78, 5) is 26.3. The number of rotatable bonds is 7. The minimum atomic E-state index is -0.653. The molecule has 1 heterocycles. The quantitative estimate of drug-likeness (QED) is 0.418. The maximum absolute atomic E-state index is 15.1. The fraction of sp³-hybridized carbons (Fsp3) is 0.357. The van der Waals surface area contributed by atoms with Crippen LogP contribution in [0.5, 0.6) is 11.6 Å². The molecule has 1 aromatic heterocycles. The normalized spacial score (nSPS) is 14.7. The second-order valence-electron chi connectivity index (χ2n) is 9.78. The molecule has 5 rings (SSSR count). The fourth-order valence-corrected chi connectivity index (χ4v) is 4.05. The highest BCUT2D eigenvalue weighted by atomic mass is 19.1. The number of hydrogen-bond acceptors (Lipinski definition) is 6. The molecule has 0 unspecified atom stereocenters. The first-order valence-corrected chi connectivity index (χ1v) is 12.4. The van der Waals surface area contributed by atoms with Gasteiger partial charge in [-0.15, -0.1) is 5.10 Å². The molecule has 2 aromatic carbocycles. The third-order valence-corrected chi connectivity index (χ3v) is 6.42. The van der Waals surface area contributed by atoms with Crippen LogP contribution in [-0.2, 0) is 11.3 Å². The Morgan fingerprint density at radius 1 is 1.05 bits per heavy atom. The Balaban J connectivity index is 1.40. The number of amides is 2. The molecule has 37 heavy (non-hydrogen) atoms. The Bertz CT molecular complexity index is 1350. The van der Waals surface area contributed by atoms with Crippen LogP contribution >= 0.6 is 0 Å². The van der Waals surface area contributed by atoms with Gasteiger partial charge in [-0.3, -0.25) is 10.2 Å². The summed E-state index contributed by atoms with van der Waals surface area (Å²) >= 11 is 0. The average molecular weight is 505 g/mol. The van der Waals surface area contributed by atoms with E-state index >= 15 is 4.39 Å². The van der Waals surface area contributed by atoms with Crippen LogP contribution in [0.1, 0.15) is 69.9 Å². The lowest BCUT2D eigenvalue weighted by atomic mass is 10.1. The lowest BCUT2D eigenvalue weighted by molar-refractivity contribution is 0.0587. The van der Waals surface area contributed by atoms with E-state index in [9.17, 15) is 9.59 Å². The highest BCUT2D eigenvalue weighted by Crippen LogP contribution is 2.43. The molecule has 8 nitrogen and oxygen atoms in total. The average Bonchev–Trinajstić information content (AvgIpc) is 3.78. The van der Waals surface area contributed by atoms with Crippen molar-refractivity contribution >= 4 is 12.0 Å². The second-order valence-corrected chi connectivity index (χ2v) is 9.78. The maximum atomic E-state index is 15.1. The van der Waals surface area contributed by atoms with Crippen molar-refractivity contribution in [1.82, 2.24) is 20.6 Å². The van der Waals surface area contributed by atoms with E-state index in [1.807, 2.05) is 32.0 Å². The number of nitrogens with one attached hydrogen (secondary N) is 1. The number of carbonyl (C=O) groups is 2. The molecule has 0 bridgehead atoms. The molecule has 0 saturated heterocycles. The number of benzene rings is 2. The number of hydrogen-bond donors (Lipinski definition) is 1. The molecule has 0 radical (unpaired) electrons. The van der Waals surface area contributed by atoms with E-state index in [1.165, 1.54) is 12.1 Å². The van der Waals surface area contributed by atoms with E-state index in [2.05, 4.69) is 15.6 Å². The summed E-state index contributed by atoms with van der Waals surface area (Å²) in [6.07, 6.45) is 2.68. The number of aromatic nitrogens is 2. The van der Waals surface area contributed by atoms with Gasteiger partial charge < -0.3 is 9.47 Å². The first-order valence-electron chi connectivity index (χ1n) is 12.4. The lowest BCUT2D eigenvalue weighted by Gasteiger charge is -2.24. The van der Waals surface area contributed by atoms with Crippen LogP contribution in [0.2, 0.25) is 0 Å². The van der Waals surface area contributed by atoms with Crippen molar-refractivity contribution in [2.45, 2.75) is 65.0 Å². The van der Waals surface area contributed by atoms with Crippen molar-refractivity contribution in [2.24, 2.45) is 0 Å². The highest BCUT2D eigenvalue weighted by Gasteiger charge is 2.31. The Morgan fingerprint density at radius 3 is 2.54 bits per heavy atom. The molecule has 2 fully saturated rings. The van der Waals surface area contributed by atoms with Crippen LogP contribution in [0.25, 0.3) is 0 Å². The van der Waals surface area contributed by atoms with Gasteiger partial charge in [0.2, 0.25) is 0 Å². The molecule has 0 aliphatic heterocycles. The van der Waals surface area contributed by atoms with Crippen molar-refractivity contribution in [3.8, 4) is 11.6 Å². The van der Waals surface area contributed by atoms with Gasteiger partial charge in [0.25, 0.3) is 11.8 Å². The van der Waals surface area contributed by atoms with Gasteiger partial charge >= 0.3 is 6.09 Å². The summed E-state index contributed by atoms with van der Waals surface area (Å²) in [5, 5.41) is 9.14. The minimum Gasteiger partial charge on any atom is -0.445 e. The zero-order valence-electron chi connectivity index (χ0n) is 21.1. The minimum absolute atomic E-state index is 0.0218. The Hall–Kier alpha value is -4.01. The van der Waals surface area contributed by atoms with E-state index in [4.69, 9.17) is 9.47 Å². The molecular formula is C28H29FN4O4. The second kappa shape index (κ2) is 10.2. The molecule has 1 N–H and O–H groups in total. The van der Waals surface area contributed by atoms with Gasteiger partial charge in [0.05, 0.1) is 12.2 Å². The number of nitrogens with zero attached hydrogens (tertiary/aromatic N) is 3. The van der Waals surface area contributed by atoms with Crippen molar-refractivity contribution in [2.75, 3.05) is 0 Å². The summed E-state index contributed by atoms with van der Waals surface area (Å²) in [5.74, 6) is -1.12. The number of carbonyl (C=O) groups excluding carboxylic acids is 2. The lowest BCUT2D eigenvalue weighted by Crippen LogP contribution is -2.46. The van der Waals surface area contributed by atoms with Gasteiger partial charge in [0.15, 0.2) is 11.6 Å². The SMILES string of the molecule is Cc1ccc(CN(NC(=O)c2cc(C)nnc2Oc2cccc(C3CC3)c2F)C(=O)OC2CC2)c(C)c1. The largest absolute Gasteiger partial charge is 0.445 e. The van der Waals surface area contributed by atoms with Gasteiger partial charge in [-0.25, -0.2) is 14.2 Å². The van der Waals surface area contributed by atoms with Gasteiger partial charge in [-0.2, -0.15) is 5.10 Å². The maximum Gasteiger partial charge on any atom is 0.429 e. The Morgan fingerprint density at radius 2 is 1.84 bits per heavy atom. The molecule has 2 amide bonds. The number of aryl methyl sites for hydroxylation is 3. The molecule has 0 spiro atoms. The molecule has 3 aromatic rings. The number of hydrazine groups is 1. The van der Waals surface area contributed by atoms with Crippen molar-refractivity contribution < 1.29 is 23.5 Å². The van der Waals surface area contributed by atoms with Crippen LogP contribution in [0.3, 0.4) is 0 Å². The number of ether oxygens (including phenoxy) is 2. The van der Waals surface area contributed by atoms with E-state index < -0.39 is 17.8 Å². The summed E-state index contributed by atoms with van der Waals surface area (Å²) < 4.78 is 26.3. The van der Waals surface area contributed by atoms with Gasteiger partial charge in [-0.1, -0.05) is 35.9 Å². The van der Waals surface area contributed by atoms with Crippen LogP contribution in [0, 0.1) is 26.6 Å². The first kappa shape index (κ1) is 24.7. The monoisotopic (exact) mass is 504 g/mol. The van der Waals surface area contributed by atoms with Crippen molar-refractivity contribution in [1.29, 1.82) is 0 Å². The number of halogens is 1. The first-order chi connectivity index (χ1) is 17.8. The third-order valence-electron chi connectivity index (χ3n) is 6.42. The van der Waals surface area contributed by atoms with Crippen LogP contribution < -0.4 is 10.2 Å². The van der Waals surface area contributed by atoms with Gasteiger partial charge in [0.1, 0.15) is 11.7 Å². The topological polar surface area (TPSA) is 93.7 Å². The summed E-state index contributed by atoms with van der Waals surface area (Å²) in [6, 6.07) is 12.3. The molecule has 2 saturated carbocycles. The smallest absolute Gasteiger partial charge is 0.429 e. The Labute approximate surface area is 214 Å². The predicted octanol–water partition coefficient (Wildman–Crippen LogP) is 5.66. The van der Waals surface area contributed by atoms with E-state index in [0.29, 0.717) is 11.3 Å². The summed E-state index contributed by atoms with van der Waals surface area (Å²) in [5.41, 5.74) is 6.65. The van der Waals surface area contributed by atoms with Crippen LogP contribution in [0.15, 0.2) is 42.5 Å². The molecular weight excluding hydrogens is 475 g/mol. The summed E-state index contributed by atoms with van der Waals surface area (Å²) in [6.45, 7) is 5.72. The summed E-state index contributed by atoms with van der Waals surface area (Å²) in [7, 11) is 0. The standard InChI is InChI=1S/C28H29FN4O4/c1-16-7-8-20(17(2)13-16)15-33(28(35)36-21-11-12-21)32-26(34)23-14-18(3)30-31-27(23)37-24-6-4-5-22(25(24)29)19-9-10-19/h4-8,13-14,19,21H,9-12,15H2,1-3H3,(H,32,34). The van der Waals surface area contributed by atoms with E-state index in [-0.39, 0.29) is 35.8 Å². The van der Waals surface area contributed by atoms with Gasteiger partial charge in [0, 0.05) is 0 Å². The molecule has 2 aliphatic rings. The van der Waals surface area contributed by atoms with E-state index in [0.717, 1.165) is 47.4 Å². The molecule has 2 aliphatic carbocycles. The zero-order chi connectivity index (χ0) is 26.1. The van der Waals surface area contributed by atoms with Crippen LogP contribution in [-0.4, -0.2) is 33.3 Å². The van der Waals surface area contributed by atoms with Crippen molar-refractivity contribution in [3.63, 3.8) is 0 Å². The molecule has 9 heteroatoms. The highest BCUT2D eigenvalue weighted by molar-refractivity contribution is 5.97. The fourth-order valence-electron chi connectivity index (χ4n) is 4.05. The van der Waals surface area contributed by atoms with Gasteiger partial charge in [-0.05, 0) is 81.2 Å². The Kier molecular flexibility index (Phi) is 6.78. The van der Waals surface area contributed by atoms with E-state index in [1.54, 1.807) is 19.1 Å². The van der Waals surface area contributed by atoms with Crippen LogP contribution in [0.4, 0.5) is 9.18 Å².